The SMILES string of the molecule is Cc1ccnc(-c2ccc(C(=O)Nc3ccc(C(C)(C)C)cc3)cc2)c1. The average molecular weight is 344 g/mol. The van der Waals surface area contributed by atoms with Crippen LogP contribution in [-0.4, -0.2) is 10.9 Å². The normalized spacial score (nSPS) is 11.2. The molecule has 0 spiro atoms. The van der Waals surface area contributed by atoms with E-state index >= 15 is 0 Å². The van der Waals surface area contributed by atoms with Gasteiger partial charge in [-0.05, 0) is 59.9 Å². The summed E-state index contributed by atoms with van der Waals surface area (Å²) in [5.41, 5.74) is 5.84. The summed E-state index contributed by atoms with van der Waals surface area (Å²) in [5, 5.41) is 2.95. The number of pyridine rings is 1. The molecule has 0 radical (unpaired) electrons. The molecule has 3 heteroatoms. The lowest BCUT2D eigenvalue weighted by molar-refractivity contribution is 0.102. The Kier molecular flexibility index (Phi) is 4.90. The summed E-state index contributed by atoms with van der Waals surface area (Å²) < 4.78 is 0. The molecular weight excluding hydrogens is 320 g/mol. The number of nitrogens with zero attached hydrogens (tertiary/aromatic N) is 1. The third kappa shape index (κ3) is 4.17. The molecule has 0 aliphatic heterocycles. The Balaban J connectivity index is 1.72. The van der Waals surface area contributed by atoms with Gasteiger partial charge in [0.2, 0.25) is 0 Å². The minimum absolute atomic E-state index is 0.0994. The summed E-state index contributed by atoms with van der Waals surface area (Å²) in [5.74, 6) is -0.114. The first-order valence-electron chi connectivity index (χ1n) is 8.78. The Labute approximate surface area is 155 Å². The van der Waals surface area contributed by atoms with Crippen LogP contribution in [0.25, 0.3) is 11.3 Å². The van der Waals surface area contributed by atoms with Crippen LogP contribution in [-0.2, 0) is 5.41 Å². The zero-order valence-electron chi connectivity index (χ0n) is 15.7. The number of aryl methyl sites for hydroxylation is 1. The molecule has 0 aliphatic rings. The van der Waals surface area contributed by atoms with Crippen molar-refractivity contribution < 1.29 is 4.79 Å². The Morgan fingerprint density at radius 1 is 0.923 bits per heavy atom. The number of benzene rings is 2. The maximum absolute atomic E-state index is 12.5. The average Bonchev–Trinajstić information content (AvgIpc) is 2.61. The minimum Gasteiger partial charge on any atom is -0.322 e. The second-order valence-electron chi connectivity index (χ2n) is 7.58. The lowest BCUT2D eigenvalue weighted by atomic mass is 9.87. The lowest BCUT2D eigenvalue weighted by Crippen LogP contribution is -2.13. The van der Waals surface area contributed by atoms with Gasteiger partial charge in [0.25, 0.3) is 5.91 Å². The Hall–Kier alpha value is -2.94. The van der Waals surface area contributed by atoms with Crippen molar-refractivity contribution >= 4 is 11.6 Å². The van der Waals surface area contributed by atoms with Crippen molar-refractivity contribution in [3.8, 4) is 11.3 Å². The molecule has 3 aromatic rings. The summed E-state index contributed by atoms with van der Waals surface area (Å²) in [7, 11) is 0. The van der Waals surface area contributed by atoms with Crippen molar-refractivity contribution in [3.05, 3.63) is 83.6 Å². The van der Waals surface area contributed by atoms with E-state index in [2.05, 4.69) is 43.2 Å². The van der Waals surface area contributed by atoms with Gasteiger partial charge in [-0.2, -0.15) is 0 Å². The van der Waals surface area contributed by atoms with E-state index in [1.54, 1.807) is 6.20 Å². The zero-order valence-corrected chi connectivity index (χ0v) is 15.7. The standard InChI is InChI=1S/C23H24N2O/c1-16-13-14-24-21(15-16)17-5-7-18(8-6-17)22(26)25-20-11-9-19(10-12-20)23(2,3)4/h5-15H,1-4H3,(H,25,26). The van der Waals surface area contributed by atoms with E-state index in [1.807, 2.05) is 55.5 Å². The molecule has 0 unspecified atom stereocenters. The zero-order chi connectivity index (χ0) is 18.7. The van der Waals surface area contributed by atoms with Crippen LogP contribution in [0, 0.1) is 6.92 Å². The van der Waals surface area contributed by atoms with Crippen LogP contribution in [0.4, 0.5) is 5.69 Å². The number of anilines is 1. The van der Waals surface area contributed by atoms with Gasteiger partial charge in [-0.15, -0.1) is 0 Å². The van der Waals surface area contributed by atoms with E-state index in [1.165, 1.54) is 5.56 Å². The third-order valence-corrected chi connectivity index (χ3v) is 4.37. The molecule has 3 rings (SSSR count). The molecule has 0 aliphatic carbocycles. The highest BCUT2D eigenvalue weighted by Crippen LogP contribution is 2.24. The Morgan fingerprint density at radius 2 is 1.58 bits per heavy atom. The van der Waals surface area contributed by atoms with Gasteiger partial charge in [0, 0.05) is 23.0 Å². The number of nitrogens with one attached hydrogen (secondary N) is 1. The van der Waals surface area contributed by atoms with Crippen LogP contribution in [0.1, 0.15) is 42.3 Å². The molecule has 0 saturated heterocycles. The second-order valence-corrected chi connectivity index (χ2v) is 7.58. The highest BCUT2D eigenvalue weighted by atomic mass is 16.1. The van der Waals surface area contributed by atoms with Gasteiger partial charge in [-0.25, -0.2) is 0 Å². The topological polar surface area (TPSA) is 42.0 Å². The molecule has 1 amide bonds. The number of carbonyl (C=O) groups is 1. The highest BCUT2D eigenvalue weighted by molar-refractivity contribution is 6.04. The Morgan fingerprint density at radius 3 is 2.15 bits per heavy atom. The quantitative estimate of drug-likeness (QED) is 0.671. The van der Waals surface area contributed by atoms with E-state index in [9.17, 15) is 4.79 Å². The van der Waals surface area contributed by atoms with Crippen LogP contribution in [0.5, 0.6) is 0 Å². The lowest BCUT2D eigenvalue weighted by Gasteiger charge is -2.19. The number of hydrogen-bond acceptors (Lipinski definition) is 2. The molecular formula is C23H24N2O. The summed E-state index contributed by atoms with van der Waals surface area (Å²) in [6, 6.07) is 19.5. The predicted molar refractivity (Wildman–Crippen MR) is 108 cm³/mol. The van der Waals surface area contributed by atoms with Crippen molar-refractivity contribution in [3.63, 3.8) is 0 Å². The molecule has 0 fully saturated rings. The molecule has 0 atom stereocenters. The smallest absolute Gasteiger partial charge is 0.255 e. The van der Waals surface area contributed by atoms with E-state index in [4.69, 9.17) is 0 Å². The first-order chi connectivity index (χ1) is 12.3. The van der Waals surface area contributed by atoms with Gasteiger partial charge in [-0.1, -0.05) is 45.0 Å². The number of carbonyl (C=O) groups excluding carboxylic acids is 1. The van der Waals surface area contributed by atoms with Crippen LogP contribution in [0.3, 0.4) is 0 Å². The van der Waals surface area contributed by atoms with Gasteiger partial charge >= 0.3 is 0 Å². The molecule has 2 aromatic carbocycles. The van der Waals surface area contributed by atoms with Gasteiger partial charge in [0.05, 0.1) is 5.69 Å². The van der Waals surface area contributed by atoms with Crippen molar-refractivity contribution in [2.75, 3.05) is 5.32 Å². The van der Waals surface area contributed by atoms with Crippen LogP contribution in [0.15, 0.2) is 66.9 Å². The van der Waals surface area contributed by atoms with Crippen molar-refractivity contribution in [2.24, 2.45) is 0 Å². The fraction of sp³-hybridized carbons (Fsp3) is 0.217. The number of aromatic nitrogens is 1. The van der Waals surface area contributed by atoms with E-state index in [-0.39, 0.29) is 11.3 Å². The van der Waals surface area contributed by atoms with Crippen molar-refractivity contribution in [1.29, 1.82) is 0 Å². The maximum atomic E-state index is 12.5. The fourth-order valence-corrected chi connectivity index (χ4v) is 2.74. The summed E-state index contributed by atoms with van der Waals surface area (Å²) >= 11 is 0. The highest BCUT2D eigenvalue weighted by Gasteiger charge is 2.13. The maximum Gasteiger partial charge on any atom is 0.255 e. The predicted octanol–water partition coefficient (Wildman–Crippen LogP) is 5.61. The summed E-state index contributed by atoms with van der Waals surface area (Å²) in [4.78, 5) is 16.9. The monoisotopic (exact) mass is 344 g/mol. The van der Waals surface area contributed by atoms with Crippen molar-refractivity contribution in [1.82, 2.24) is 4.98 Å². The van der Waals surface area contributed by atoms with E-state index in [0.29, 0.717) is 5.56 Å². The molecule has 0 saturated carbocycles. The molecule has 1 aromatic heterocycles. The van der Waals surface area contributed by atoms with Gasteiger partial charge in [0.15, 0.2) is 0 Å². The summed E-state index contributed by atoms with van der Waals surface area (Å²) in [6.07, 6.45) is 1.80. The minimum atomic E-state index is -0.114. The van der Waals surface area contributed by atoms with Crippen LogP contribution < -0.4 is 5.32 Å². The van der Waals surface area contributed by atoms with E-state index < -0.39 is 0 Å². The number of hydrogen-bond donors (Lipinski definition) is 1. The van der Waals surface area contributed by atoms with Crippen LogP contribution >= 0.6 is 0 Å². The Bertz CT molecular complexity index is 904. The third-order valence-electron chi connectivity index (χ3n) is 4.37. The molecule has 1 N–H and O–H groups in total. The second kappa shape index (κ2) is 7.12. The molecule has 3 nitrogen and oxygen atoms in total. The number of amides is 1. The van der Waals surface area contributed by atoms with Gasteiger partial charge in [-0.3, -0.25) is 9.78 Å². The largest absolute Gasteiger partial charge is 0.322 e. The van der Waals surface area contributed by atoms with E-state index in [0.717, 1.165) is 22.5 Å². The van der Waals surface area contributed by atoms with Crippen molar-refractivity contribution in [2.45, 2.75) is 33.1 Å². The molecule has 26 heavy (non-hydrogen) atoms. The number of rotatable bonds is 3. The van der Waals surface area contributed by atoms with Crippen LogP contribution in [0.2, 0.25) is 0 Å². The molecule has 132 valence electrons. The fourth-order valence-electron chi connectivity index (χ4n) is 2.74. The van der Waals surface area contributed by atoms with Gasteiger partial charge in [0.1, 0.15) is 0 Å². The first-order valence-corrected chi connectivity index (χ1v) is 8.78. The summed E-state index contributed by atoms with van der Waals surface area (Å²) in [6.45, 7) is 8.56. The van der Waals surface area contributed by atoms with Gasteiger partial charge < -0.3 is 5.32 Å². The molecule has 1 heterocycles. The first kappa shape index (κ1) is 17.9. The molecule has 0 bridgehead atoms.